The molecule has 0 radical (unpaired) electrons. The molecule has 8 nitrogen and oxygen atoms in total. The van der Waals surface area contributed by atoms with Crippen molar-refractivity contribution in [2.75, 3.05) is 52.6 Å². The van der Waals surface area contributed by atoms with Gasteiger partial charge in [-0.1, -0.05) is 29.3 Å². The number of hydrogen-bond acceptors (Lipinski definition) is 7. The van der Waals surface area contributed by atoms with Crippen molar-refractivity contribution in [3.63, 3.8) is 0 Å². The molecular weight excluding hydrogens is 495 g/mol. The minimum atomic E-state index is -0.820. The molecule has 3 heterocycles. The van der Waals surface area contributed by atoms with Gasteiger partial charge in [-0.2, -0.15) is 0 Å². The number of carbonyl (C=O) groups excluding carboxylic acids is 2. The second-order valence-electron chi connectivity index (χ2n) is 8.48. The van der Waals surface area contributed by atoms with Crippen LogP contribution in [0.15, 0.2) is 42.0 Å². The van der Waals surface area contributed by atoms with Crippen molar-refractivity contribution in [2.24, 2.45) is 0 Å². The minimum Gasteiger partial charge on any atom is -0.507 e. The Labute approximate surface area is 212 Å². The monoisotopic (exact) mass is 518 g/mol. The van der Waals surface area contributed by atoms with Gasteiger partial charge in [-0.3, -0.25) is 14.5 Å². The lowest BCUT2D eigenvalue weighted by atomic mass is 9.95. The molecule has 0 aliphatic carbocycles. The lowest BCUT2D eigenvalue weighted by molar-refractivity contribution is -0.140. The number of Topliss-reactive ketones (excluding diaryl/α,β-unsaturated/α-hetero) is 1. The molecule has 0 saturated carbocycles. The van der Waals surface area contributed by atoms with Gasteiger partial charge in [0.2, 0.25) is 0 Å². The first-order valence-electron chi connectivity index (χ1n) is 11.4. The molecular formula is C25H24Cl2N2O6. The molecule has 2 saturated heterocycles. The zero-order valence-electron chi connectivity index (χ0n) is 18.8. The third-order valence-corrected chi connectivity index (χ3v) is 7.11. The summed E-state index contributed by atoms with van der Waals surface area (Å²) in [6.07, 6.45) is 0. The Morgan fingerprint density at radius 3 is 2.40 bits per heavy atom. The van der Waals surface area contributed by atoms with Crippen molar-refractivity contribution in [2.45, 2.75) is 6.04 Å². The van der Waals surface area contributed by atoms with Crippen LogP contribution in [0.3, 0.4) is 0 Å². The van der Waals surface area contributed by atoms with Gasteiger partial charge < -0.3 is 24.2 Å². The highest BCUT2D eigenvalue weighted by molar-refractivity contribution is 6.46. The summed E-state index contributed by atoms with van der Waals surface area (Å²) in [5.41, 5.74) is 0.928. The summed E-state index contributed by atoms with van der Waals surface area (Å²) < 4.78 is 16.6. The highest BCUT2D eigenvalue weighted by atomic mass is 35.5. The van der Waals surface area contributed by atoms with Crippen LogP contribution in [0.4, 0.5) is 0 Å². The molecule has 3 aliphatic rings. The third kappa shape index (κ3) is 4.71. The molecule has 1 unspecified atom stereocenters. The number of benzene rings is 2. The largest absolute Gasteiger partial charge is 0.507 e. The molecule has 3 aliphatic heterocycles. The first-order valence-corrected chi connectivity index (χ1v) is 12.1. The standard InChI is InChI=1S/C25H24Cl2N2O6/c26-17-3-1-15(13-18(17)27)22-21(23(30)16-2-4-19-20(14-16)35-12-11-34-19)24(31)25(32)29(22)6-5-28-7-9-33-10-8-28/h1-4,13-14,22,30H,5-12H2/b23-21+. The van der Waals surface area contributed by atoms with E-state index in [2.05, 4.69) is 4.90 Å². The minimum absolute atomic E-state index is 0.00737. The molecule has 5 rings (SSSR count). The number of aliphatic hydroxyl groups is 1. The van der Waals surface area contributed by atoms with E-state index in [4.69, 9.17) is 37.4 Å². The fraction of sp³-hybridized carbons (Fsp3) is 0.360. The summed E-state index contributed by atoms with van der Waals surface area (Å²) in [6.45, 7) is 4.43. The van der Waals surface area contributed by atoms with E-state index in [0.29, 0.717) is 72.2 Å². The lowest BCUT2D eigenvalue weighted by Crippen LogP contribution is -2.42. The van der Waals surface area contributed by atoms with E-state index in [1.807, 2.05) is 0 Å². The number of nitrogens with zero attached hydrogens (tertiary/aromatic N) is 2. The van der Waals surface area contributed by atoms with Gasteiger partial charge >= 0.3 is 0 Å². The van der Waals surface area contributed by atoms with E-state index in [1.165, 1.54) is 4.90 Å². The maximum Gasteiger partial charge on any atom is 0.295 e. The van der Waals surface area contributed by atoms with Gasteiger partial charge in [-0.15, -0.1) is 0 Å². The number of hydrogen-bond donors (Lipinski definition) is 1. The van der Waals surface area contributed by atoms with E-state index in [0.717, 1.165) is 13.1 Å². The summed E-state index contributed by atoms with van der Waals surface area (Å²) in [4.78, 5) is 30.1. The van der Waals surface area contributed by atoms with E-state index in [9.17, 15) is 14.7 Å². The Morgan fingerprint density at radius 2 is 1.66 bits per heavy atom. The van der Waals surface area contributed by atoms with Crippen LogP contribution in [0.25, 0.3) is 5.76 Å². The SMILES string of the molecule is O=C1C(=O)N(CCN2CCOCC2)C(c2ccc(Cl)c(Cl)c2)/C1=C(\O)c1ccc2c(c1)OCCO2. The van der Waals surface area contributed by atoms with Crippen LogP contribution in [0, 0.1) is 0 Å². The molecule has 0 spiro atoms. The maximum absolute atomic E-state index is 13.2. The number of likely N-dealkylation sites (tertiary alicyclic amines) is 1. The van der Waals surface area contributed by atoms with E-state index in [1.54, 1.807) is 36.4 Å². The van der Waals surface area contributed by atoms with Crippen LogP contribution in [-0.2, 0) is 14.3 Å². The van der Waals surface area contributed by atoms with Gasteiger partial charge in [0.05, 0.1) is 34.9 Å². The van der Waals surface area contributed by atoms with Crippen LogP contribution in [-0.4, -0.2) is 79.2 Å². The van der Waals surface area contributed by atoms with E-state index < -0.39 is 17.7 Å². The van der Waals surface area contributed by atoms with Crippen LogP contribution >= 0.6 is 23.2 Å². The van der Waals surface area contributed by atoms with Gasteiger partial charge in [0.15, 0.2) is 11.5 Å². The maximum atomic E-state index is 13.2. The molecule has 1 atom stereocenters. The number of aliphatic hydroxyl groups excluding tert-OH is 1. The highest BCUT2D eigenvalue weighted by Crippen LogP contribution is 2.42. The molecule has 10 heteroatoms. The van der Waals surface area contributed by atoms with Gasteiger partial charge in [0, 0.05) is 31.7 Å². The van der Waals surface area contributed by atoms with Gasteiger partial charge in [-0.25, -0.2) is 0 Å². The molecule has 184 valence electrons. The number of fused-ring (bicyclic) bond motifs is 1. The van der Waals surface area contributed by atoms with Gasteiger partial charge in [-0.05, 0) is 35.9 Å². The average molecular weight is 519 g/mol. The van der Waals surface area contributed by atoms with Crippen LogP contribution in [0.5, 0.6) is 11.5 Å². The number of ketones is 1. The fourth-order valence-corrected chi connectivity index (χ4v) is 4.87. The zero-order valence-corrected chi connectivity index (χ0v) is 20.3. The second-order valence-corrected chi connectivity index (χ2v) is 9.29. The number of morpholine rings is 1. The summed E-state index contributed by atoms with van der Waals surface area (Å²) in [7, 11) is 0. The highest BCUT2D eigenvalue weighted by Gasteiger charge is 2.46. The van der Waals surface area contributed by atoms with E-state index >= 15 is 0 Å². The predicted octanol–water partition coefficient (Wildman–Crippen LogP) is 3.52. The second kappa shape index (κ2) is 10.1. The number of ether oxygens (including phenoxy) is 3. The van der Waals surface area contributed by atoms with Crippen molar-refractivity contribution in [1.29, 1.82) is 0 Å². The molecule has 0 aromatic heterocycles. The Balaban J connectivity index is 1.55. The van der Waals surface area contributed by atoms with Crippen molar-refractivity contribution in [1.82, 2.24) is 9.80 Å². The molecule has 2 aromatic rings. The zero-order chi connectivity index (χ0) is 24.5. The van der Waals surface area contributed by atoms with Crippen LogP contribution in [0.1, 0.15) is 17.2 Å². The Morgan fingerprint density at radius 1 is 0.914 bits per heavy atom. The van der Waals surface area contributed by atoms with Crippen molar-refractivity contribution in [3.05, 3.63) is 63.1 Å². The first-order chi connectivity index (χ1) is 16.9. The average Bonchev–Trinajstić information content (AvgIpc) is 3.14. The van der Waals surface area contributed by atoms with Gasteiger partial charge in [0.1, 0.15) is 19.0 Å². The molecule has 35 heavy (non-hydrogen) atoms. The number of carbonyl (C=O) groups is 2. The van der Waals surface area contributed by atoms with Gasteiger partial charge in [0.25, 0.3) is 11.7 Å². The predicted molar refractivity (Wildman–Crippen MR) is 130 cm³/mol. The summed E-state index contributed by atoms with van der Waals surface area (Å²) >= 11 is 12.4. The molecule has 0 bridgehead atoms. The fourth-order valence-electron chi connectivity index (χ4n) is 4.56. The molecule has 1 N–H and O–H groups in total. The Kier molecular flexibility index (Phi) is 6.88. The topological polar surface area (TPSA) is 88.5 Å². The van der Waals surface area contributed by atoms with Crippen LogP contribution in [0.2, 0.25) is 10.0 Å². The summed E-state index contributed by atoms with van der Waals surface area (Å²) in [6, 6.07) is 9.05. The first kappa shape index (κ1) is 23.9. The van der Waals surface area contributed by atoms with E-state index in [-0.39, 0.29) is 11.3 Å². The normalized spacial score (nSPS) is 22.0. The molecule has 2 fully saturated rings. The third-order valence-electron chi connectivity index (χ3n) is 6.38. The van der Waals surface area contributed by atoms with Crippen molar-refractivity contribution < 1.29 is 28.9 Å². The number of rotatable bonds is 5. The summed E-state index contributed by atoms with van der Waals surface area (Å²) in [5, 5.41) is 11.9. The molecule has 1 amide bonds. The van der Waals surface area contributed by atoms with Crippen LogP contribution < -0.4 is 9.47 Å². The molecule has 2 aromatic carbocycles. The lowest BCUT2D eigenvalue weighted by Gasteiger charge is -2.31. The Hall–Kier alpha value is -2.78. The Bertz CT molecular complexity index is 1190. The number of amides is 1. The van der Waals surface area contributed by atoms with Crippen molar-refractivity contribution in [3.8, 4) is 11.5 Å². The smallest absolute Gasteiger partial charge is 0.295 e. The summed E-state index contributed by atoms with van der Waals surface area (Å²) in [5.74, 6) is -0.693. The number of halogens is 2. The van der Waals surface area contributed by atoms with Crippen molar-refractivity contribution >= 4 is 40.7 Å². The quantitative estimate of drug-likeness (QED) is 0.368.